The van der Waals surface area contributed by atoms with Gasteiger partial charge in [0.25, 0.3) is 0 Å². The first-order chi connectivity index (χ1) is 12.5. The average Bonchev–Trinajstić information content (AvgIpc) is 2.80. The van der Waals surface area contributed by atoms with E-state index < -0.39 is 17.3 Å². The zero-order valence-corrected chi connectivity index (χ0v) is 16.6. The van der Waals surface area contributed by atoms with Crippen LogP contribution in [0.25, 0.3) is 0 Å². The van der Waals surface area contributed by atoms with E-state index >= 15 is 0 Å². The van der Waals surface area contributed by atoms with Gasteiger partial charge in [-0.2, -0.15) is 0 Å². The molecule has 0 spiro atoms. The minimum Gasteiger partial charge on any atom is -0.530 e. The Morgan fingerprint density at radius 2 is 1.74 bits per heavy atom. The molecule has 0 saturated carbocycles. The van der Waals surface area contributed by atoms with Crippen LogP contribution in [0.5, 0.6) is 5.75 Å². The van der Waals surface area contributed by atoms with Gasteiger partial charge in [0.1, 0.15) is 17.4 Å². The van der Waals surface area contributed by atoms with Gasteiger partial charge in [0.2, 0.25) is 0 Å². The second-order valence-electron chi connectivity index (χ2n) is 8.06. The maximum atomic E-state index is 11.8. The smallest absolute Gasteiger partial charge is 0.157 e. The molecule has 1 amide bonds. The van der Waals surface area contributed by atoms with Gasteiger partial charge in [-0.05, 0) is 61.9 Å². The Balaban J connectivity index is 2.22. The third-order valence-electron chi connectivity index (χ3n) is 5.69. The van der Waals surface area contributed by atoms with Gasteiger partial charge in [0.05, 0.1) is 0 Å². The zero-order valence-electron chi connectivity index (χ0n) is 16.6. The summed E-state index contributed by atoms with van der Waals surface area (Å²) >= 11 is 0. The molecule has 2 N–H and O–H groups in total. The Morgan fingerprint density at radius 3 is 2.26 bits per heavy atom. The standard InChI is InChI=1S/C22H27NO4/c1-12(2)15-7-9-16(10-8-15)22(26)17-11-18(23-20(24)25)13(3)14(4)19(17)27-21(22,5)6/h7-12,23,26H,1-6H3,(H,24,25)/p-1. The number of benzene rings is 2. The molecule has 144 valence electrons. The Labute approximate surface area is 160 Å². The molecule has 0 fully saturated rings. The number of carbonyl (C=O) groups excluding carboxylic acids is 1. The number of aliphatic hydroxyl groups is 1. The molecule has 0 radical (unpaired) electrons. The van der Waals surface area contributed by atoms with Crippen molar-refractivity contribution in [1.82, 2.24) is 0 Å². The summed E-state index contributed by atoms with van der Waals surface area (Å²) in [6.45, 7) is 11.6. The van der Waals surface area contributed by atoms with Gasteiger partial charge in [0.15, 0.2) is 5.60 Å². The van der Waals surface area contributed by atoms with Gasteiger partial charge in [0, 0.05) is 11.3 Å². The molecule has 0 bridgehead atoms. The minimum atomic E-state index is -1.42. The highest BCUT2D eigenvalue weighted by Gasteiger charge is 2.55. The number of fused-ring (bicyclic) bond motifs is 1. The van der Waals surface area contributed by atoms with Crippen molar-refractivity contribution in [1.29, 1.82) is 0 Å². The van der Waals surface area contributed by atoms with Gasteiger partial charge in [-0.15, -0.1) is 0 Å². The SMILES string of the molecule is Cc1c(NC(=O)[O-])cc2c(c1C)OC(C)(C)C2(O)c1ccc(C(C)C)cc1. The number of carboxylic acid groups (broad SMARTS) is 1. The molecule has 2 aromatic carbocycles. The van der Waals surface area contributed by atoms with Crippen LogP contribution >= 0.6 is 0 Å². The van der Waals surface area contributed by atoms with Crippen LogP contribution < -0.4 is 15.2 Å². The summed E-state index contributed by atoms with van der Waals surface area (Å²) in [6, 6.07) is 9.49. The van der Waals surface area contributed by atoms with Crippen molar-refractivity contribution in [3.63, 3.8) is 0 Å². The Kier molecular flexibility index (Phi) is 4.47. The zero-order chi connectivity index (χ0) is 20.1. The molecule has 1 atom stereocenters. The topological polar surface area (TPSA) is 81.6 Å². The summed E-state index contributed by atoms with van der Waals surface area (Å²) in [5, 5.41) is 25.2. The molecule has 1 heterocycles. The van der Waals surface area contributed by atoms with E-state index in [0.29, 0.717) is 28.5 Å². The molecule has 5 heteroatoms. The lowest BCUT2D eigenvalue weighted by Crippen LogP contribution is -2.47. The lowest BCUT2D eigenvalue weighted by molar-refractivity contribution is -0.242. The molecule has 2 aromatic rings. The third kappa shape index (κ3) is 2.86. The summed E-state index contributed by atoms with van der Waals surface area (Å²) in [4.78, 5) is 11.1. The first kappa shape index (κ1) is 19.2. The normalized spacial score (nSPS) is 20.3. The number of hydrogen-bond donors (Lipinski definition) is 2. The fourth-order valence-corrected chi connectivity index (χ4v) is 3.80. The van der Waals surface area contributed by atoms with E-state index in [1.807, 2.05) is 52.0 Å². The van der Waals surface area contributed by atoms with Gasteiger partial charge in [-0.25, -0.2) is 0 Å². The molecule has 1 aliphatic rings. The highest BCUT2D eigenvalue weighted by Crippen LogP contribution is 2.54. The van der Waals surface area contributed by atoms with Gasteiger partial charge < -0.3 is 25.1 Å². The van der Waals surface area contributed by atoms with E-state index in [1.54, 1.807) is 6.07 Å². The summed E-state index contributed by atoms with van der Waals surface area (Å²) in [5.41, 5.74) is 2.02. The van der Waals surface area contributed by atoms with Crippen LogP contribution in [0.4, 0.5) is 10.5 Å². The monoisotopic (exact) mass is 368 g/mol. The molecule has 0 aromatic heterocycles. The molecule has 0 saturated heterocycles. The van der Waals surface area contributed by atoms with Crippen LogP contribution in [0.1, 0.15) is 61.4 Å². The fraction of sp³-hybridized carbons (Fsp3) is 0.409. The molecule has 27 heavy (non-hydrogen) atoms. The molecule has 3 rings (SSSR count). The van der Waals surface area contributed by atoms with Crippen molar-refractivity contribution in [2.45, 2.75) is 58.7 Å². The van der Waals surface area contributed by atoms with Crippen molar-refractivity contribution in [3.05, 3.63) is 58.1 Å². The number of hydrogen-bond acceptors (Lipinski definition) is 4. The molecular formula is C22H26NO4-. The van der Waals surface area contributed by atoms with Crippen LogP contribution in [-0.4, -0.2) is 16.8 Å². The minimum absolute atomic E-state index is 0.387. The maximum absolute atomic E-state index is 11.8. The van der Waals surface area contributed by atoms with Crippen molar-refractivity contribution in [2.75, 3.05) is 5.32 Å². The first-order valence-electron chi connectivity index (χ1n) is 9.13. The highest BCUT2D eigenvalue weighted by atomic mass is 16.5. The number of carbonyl (C=O) groups is 1. The summed E-state index contributed by atoms with van der Waals surface area (Å²) in [6.07, 6.45) is -1.39. The van der Waals surface area contributed by atoms with E-state index in [1.165, 1.54) is 5.56 Å². The van der Waals surface area contributed by atoms with Crippen LogP contribution in [0, 0.1) is 13.8 Å². The van der Waals surface area contributed by atoms with E-state index in [-0.39, 0.29) is 0 Å². The number of anilines is 1. The maximum Gasteiger partial charge on any atom is 0.157 e. The quantitative estimate of drug-likeness (QED) is 0.867. The number of rotatable bonds is 3. The lowest BCUT2D eigenvalue weighted by atomic mass is 9.75. The second-order valence-corrected chi connectivity index (χ2v) is 8.06. The third-order valence-corrected chi connectivity index (χ3v) is 5.69. The van der Waals surface area contributed by atoms with Gasteiger partial charge in [-0.3, -0.25) is 0 Å². The van der Waals surface area contributed by atoms with Crippen LogP contribution in [0.3, 0.4) is 0 Å². The molecule has 1 unspecified atom stereocenters. The van der Waals surface area contributed by atoms with Gasteiger partial charge >= 0.3 is 0 Å². The van der Waals surface area contributed by atoms with E-state index in [4.69, 9.17) is 4.74 Å². The van der Waals surface area contributed by atoms with Crippen molar-refractivity contribution in [2.24, 2.45) is 0 Å². The molecule has 1 aliphatic heterocycles. The summed E-state index contributed by atoms with van der Waals surface area (Å²) < 4.78 is 6.17. The van der Waals surface area contributed by atoms with E-state index in [2.05, 4.69) is 19.2 Å². The largest absolute Gasteiger partial charge is 0.530 e. The van der Waals surface area contributed by atoms with Crippen molar-refractivity contribution < 1.29 is 19.7 Å². The number of nitrogens with one attached hydrogen (secondary N) is 1. The second kappa shape index (κ2) is 6.27. The number of ether oxygens (including phenoxy) is 1. The Bertz CT molecular complexity index is 900. The fourth-order valence-electron chi connectivity index (χ4n) is 3.80. The predicted octanol–water partition coefficient (Wildman–Crippen LogP) is 3.59. The van der Waals surface area contributed by atoms with Crippen molar-refractivity contribution in [3.8, 4) is 5.75 Å². The summed E-state index contributed by atoms with van der Waals surface area (Å²) in [7, 11) is 0. The average molecular weight is 368 g/mol. The molecule has 5 nitrogen and oxygen atoms in total. The van der Waals surface area contributed by atoms with Crippen LogP contribution in [0.15, 0.2) is 30.3 Å². The molecule has 0 aliphatic carbocycles. The van der Waals surface area contributed by atoms with Crippen LogP contribution in [0.2, 0.25) is 0 Å². The first-order valence-corrected chi connectivity index (χ1v) is 9.13. The molecular weight excluding hydrogens is 342 g/mol. The Hall–Kier alpha value is -2.53. The van der Waals surface area contributed by atoms with E-state index in [9.17, 15) is 15.0 Å². The predicted molar refractivity (Wildman–Crippen MR) is 103 cm³/mol. The lowest BCUT2D eigenvalue weighted by Gasteiger charge is -2.36. The Morgan fingerprint density at radius 1 is 1.15 bits per heavy atom. The highest BCUT2D eigenvalue weighted by molar-refractivity contribution is 5.84. The number of amides is 1. The summed E-state index contributed by atoms with van der Waals surface area (Å²) in [5.74, 6) is 0.981. The van der Waals surface area contributed by atoms with Gasteiger partial charge in [-0.1, -0.05) is 38.1 Å². The van der Waals surface area contributed by atoms with Crippen LogP contribution in [-0.2, 0) is 5.60 Å². The van der Waals surface area contributed by atoms with E-state index in [0.717, 1.165) is 11.1 Å². The van der Waals surface area contributed by atoms with Crippen molar-refractivity contribution >= 4 is 11.8 Å².